The first-order chi connectivity index (χ1) is 12.2. The highest BCUT2D eigenvalue weighted by Crippen LogP contribution is 2.32. The second-order valence-electron chi connectivity index (χ2n) is 5.66. The van der Waals surface area contributed by atoms with Crippen LogP contribution >= 0.6 is 11.6 Å². The number of rotatable bonds is 4. The summed E-state index contributed by atoms with van der Waals surface area (Å²) in [5, 5.41) is 0.591. The summed E-state index contributed by atoms with van der Waals surface area (Å²) >= 11 is 6.16. The van der Waals surface area contributed by atoms with E-state index in [0.29, 0.717) is 16.6 Å². The zero-order chi connectivity index (χ0) is 17.2. The van der Waals surface area contributed by atoms with Crippen LogP contribution in [0.25, 0.3) is 22.4 Å². The average Bonchev–Trinajstić information content (AvgIpc) is 3.05. The predicted molar refractivity (Wildman–Crippen MR) is 97.3 cm³/mol. The third-order valence-electron chi connectivity index (χ3n) is 3.87. The van der Waals surface area contributed by atoms with Gasteiger partial charge in [0.05, 0.1) is 16.6 Å². The van der Waals surface area contributed by atoms with Gasteiger partial charge in [-0.3, -0.25) is 0 Å². The molecule has 0 fully saturated rings. The first kappa shape index (κ1) is 15.7. The Morgan fingerprint density at radius 1 is 1.00 bits per heavy atom. The van der Waals surface area contributed by atoms with Gasteiger partial charge in [0.1, 0.15) is 24.0 Å². The molecule has 0 saturated carbocycles. The maximum Gasteiger partial charge on any atom is 0.142 e. The van der Waals surface area contributed by atoms with Crippen LogP contribution in [0.15, 0.2) is 66.7 Å². The molecule has 0 bridgehead atoms. The largest absolute Gasteiger partial charge is 0.488 e. The van der Waals surface area contributed by atoms with E-state index in [4.69, 9.17) is 16.3 Å². The van der Waals surface area contributed by atoms with Crippen LogP contribution in [0.4, 0.5) is 4.39 Å². The van der Waals surface area contributed by atoms with Gasteiger partial charge in [-0.2, -0.15) is 0 Å². The van der Waals surface area contributed by atoms with Crippen molar-refractivity contribution in [3.05, 3.63) is 83.1 Å². The van der Waals surface area contributed by atoms with Crippen LogP contribution in [0.3, 0.4) is 0 Å². The SMILES string of the molecule is Fc1cccc(COc2ccc(Cl)cc2-c2nc3ccccc3[nH]2)c1. The van der Waals surface area contributed by atoms with Crippen LogP contribution in [0.2, 0.25) is 5.02 Å². The van der Waals surface area contributed by atoms with Crippen molar-refractivity contribution in [2.24, 2.45) is 0 Å². The van der Waals surface area contributed by atoms with Crippen molar-refractivity contribution in [1.82, 2.24) is 9.97 Å². The van der Waals surface area contributed by atoms with E-state index >= 15 is 0 Å². The van der Waals surface area contributed by atoms with E-state index in [-0.39, 0.29) is 12.4 Å². The third-order valence-corrected chi connectivity index (χ3v) is 4.10. The highest BCUT2D eigenvalue weighted by molar-refractivity contribution is 6.30. The summed E-state index contributed by atoms with van der Waals surface area (Å²) in [7, 11) is 0. The number of aromatic amines is 1. The number of nitrogens with one attached hydrogen (secondary N) is 1. The van der Waals surface area contributed by atoms with Crippen LogP contribution in [0, 0.1) is 5.82 Å². The first-order valence-electron chi connectivity index (χ1n) is 7.81. The van der Waals surface area contributed by atoms with Crippen molar-refractivity contribution in [3.63, 3.8) is 0 Å². The maximum atomic E-state index is 13.3. The number of aromatic nitrogens is 2. The van der Waals surface area contributed by atoms with Gasteiger partial charge in [0.25, 0.3) is 0 Å². The van der Waals surface area contributed by atoms with Crippen LogP contribution < -0.4 is 4.74 Å². The minimum absolute atomic E-state index is 0.257. The van der Waals surface area contributed by atoms with Gasteiger partial charge in [0, 0.05) is 5.02 Å². The summed E-state index contributed by atoms with van der Waals surface area (Å²) in [4.78, 5) is 7.88. The summed E-state index contributed by atoms with van der Waals surface area (Å²) in [6.45, 7) is 0.257. The Labute approximate surface area is 149 Å². The van der Waals surface area contributed by atoms with Crippen LogP contribution in [0.5, 0.6) is 5.75 Å². The van der Waals surface area contributed by atoms with Gasteiger partial charge in [0.15, 0.2) is 0 Å². The highest BCUT2D eigenvalue weighted by Gasteiger charge is 2.12. The molecule has 0 radical (unpaired) electrons. The lowest BCUT2D eigenvalue weighted by atomic mass is 10.2. The lowest BCUT2D eigenvalue weighted by Gasteiger charge is -2.11. The quantitative estimate of drug-likeness (QED) is 0.519. The van der Waals surface area contributed by atoms with Gasteiger partial charge in [-0.25, -0.2) is 9.37 Å². The summed E-state index contributed by atoms with van der Waals surface area (Å²) in [5.41, 5.74) is 3.33. The lowest BCUT2D eigenvalue weighted by molar-refractivity contribution is 0.306. The molecule has 5 heteroatoms. The molecule has 0 atom stereocenters. The molecule has 25 heavy (non-hydrogen) atoms. The van der Waals surface area contributed by atoms with Crippen molar-refractivity contribution in [1.29, 1.82) is 0 Å². The molecular formula is C20H14ClFN2O. The Morgan fingerprint density at radius 2 is 1.88 bits per heavy atom. The van der Waals surface area contributed by atoms with Gasteiger partial charge in [0.2, 0.25) is 0 Å². The topological polar surface area (TPSA) is 37.9 Å². The molecule has 0 spiro atoms. The molecule has 0 unspecified atom stereocenters. The van der Waals surface area contributed by atoms with Crippen molar-refractivity contribution >= 4 is 22.6 Å². The number of hydrogen-bond acceptors (Lipinski definition) is 2. The minimum Gasteiger partial charge on any atom is -0.488 e. The molecule has 3 aromatic carbocycles. The molecule has 0 amide bonds. The fraction of sp³-hybridized carbons (Fsp3) is 0.0500. The Morgan fingerprint density at radius 3 is 2.72 bits per heavy atom. The average molecular weight is 353 g/mol. The molecular weight excluding hydrogens is 339 g/mol. The Kier molecular flexibility index (Phi) is 4.12. The number of H-pyrrole nitrogens is 1. The van der Waals surface area contributed by atoms with Crippen molar-refractivity contribution < 1.29 is 9.13 Å². The van der Waals surface area contributed by atoms with E-state index in [1.807, 2.05) is 30.3 Å². The zero-order valence-corrected chi connectivity index (χ0v) is 13.9. The predicted octanol–water partition coefficient (Wildman–Crippen LogP) is 5.60. The Balaban J connectivity index is 1.68. The highest BCUT2D eigenvalue weighted by atomic mass is 35.5. The number of para-hydroxylation sites is 2. The Bertz CT molecular complexity index is 1010. The number of ether oxygens (including phenoxy) is 1. The fourth-order valence-electron chi connectivity index (χ4n) is 2.68. The third kappa shape index (κ3) is 3.35. The smallest absolute Gasteiger partial charge is 0.142 e. The molecule has 1 N–H and O–H groups in total. The molecule has 0 aliphatic carbocycles. The zero-order valence-electron chi connectivity index (χ0n) is 13.2. The van der Waals surface area contributed by atoms with Gasteiger partial charge < -0.3 is 9.72 Å². The van der Waals surface area contributed by atoms with Gasteiger partial charge in [-0.1, -0.05) is 35.9 Å². The van der Waals surface area contributed by atoms with E-state index < -0.39 is 0 Å². The number of fused-ring (bicyclic) bond motifs is 1. The molecule has 0 aliphatic rings. The van der Waals surface area contributed by atoms with E-state index in [0.717, 1.165) is 22.2 Å². The van der Waals surface area contributed by atoms with E-state index in [9.17, 15) is 4.39 Å². The number of hydrogen-bond donors (Lipinski definition) is 1. The molecule has 4 rings (SSSR count). The molecule has 3 nitrogen and oxygen atoms in total. The summed E-state index contributed by atoms with van der Waals surface area (Å²) < 4.78 is 19.2. The van der Waals surface area contributed by atoms with E-state index in [1.165, 1.54) is 12.1 Å². The van der Waals surface area contributed by atoms with E-state index in [2.05, 4.69) is 9.97 Å². The summed E-state index contributed by atoms with van der Waals surface area (Å²) in [6, 6.07) is 19.5. The van der Waals surface area contributed by atoms with Crippen molar-refractivity contribution in [2.75, 3.05) is 0 Å². The monoisotopic (exact) mass is 352 g/mol. The maximum absolute atomic E-state index is 13.3. The first-order valence-corrected chi connectivity index (χ1v) is 8.19. The fourth-order valence-corrected chi connectivity index (χ4v) is 2.85. The lowest BCUT2D eigenvalue weighted by Crippen LogP contribution is -1.98. The number of imidazole rings is 1. The van der Waals surface area contributed by atoms with Crippen molar-refractivity contribution in [3.8, 4) is 17.1 Å². The van der Waals surface area contributed by atoms with Crippen LogP contribution in [-0.4, -0.2) is 9.97 Å². The molecule has 0 saturated heterocycles. The van der Waals surface area contributed by atoms with Crippen molar-refractivity contribution in [2.45, 2.75) is 6.61 Å². The summed E-state index contributed by atoms with van der Waals surface area (Å²) in [5.74, 6) is 1.03. The van der Waals surface area contributed by atoms with Gasteiger partial charge in [-0.05, 0) is 48.0 Å². The van der Waals surface area contributed by atoms with E-state index in [1.54, 1.807) is 24.3 Å². The second-order valence-corrected chi connectivity index (χ2v) is 6.10. The van der Waals surface area contributed by atoms with Crippen LogP contribution in [-0.2, 0) is 6.61 Å². The Hall–Kier alpha value is -2.85. The second kappa shape index (κ2) is 6.57. The molecule has 0 aliphatic heterocycles. The molecule has 1 heterocycles. The molecule has 4 aromatic rings. The number of benzene rings is 3. The number of nitrogens with zero attached hydrogens (tertiary/aromatic N) is 1. The normalized spacial score (nSPS) is 11.0. The standard InChI is InChI=1S/C20H14ClFN2O/c21-14-8-9-19(25-12-13-4-3-5-15(22)10-13)16(11-14)20-23-17-6-1-2-7-18(17)24-20/h1-11H,12H2,(H,23,24). The minimum atomic E-state index is -0.283. The van der Waals surface area contributed by atoms with Gasteiger partial charge >= 0.3 is 0 Å². The molecule has 124 valence electrons. The van der Waals surface area contributed by atoms with Gasteiger partial charge in [-0.15, -0.1) is 0 Å². The summed E-state index contributed by atoms with van der Waals surface area (Å²) in [6.07, 6.45) is 0. The number of halogens is 2. The molecule has 1 aromatic heterocycles. The van der Waals surface area contributed by atoms with Crippen LogP contribution in [0.1, 0.15) is 5.56 Å².